The van der Waals surface area contributed by atoms with Gasteiger partial charge in [0.1, 0.15) is 5.82 Å². The summed E-state index contributed by atoms with van der Waals surface area (Å²) in [6.45, 7) is 5.89. The lowest BCUT2D eigenvalue weighted by Crippen LogP contribution is -2.50. The van der Waals surface area contributed by atoms with Crippen molar-refractivity contribution in [3.63, 3.8) is 0 Å². The summed E-state index contributed by atoms with van der Waals surface area (Å²) in [4.78, 5) is 11.9. The Morgan fingerprint density at radius 2 is 1.86 bits per heavy atom. The van der Waals surface area contributed by atoms with E-state index in [9.17, 15) is 0 Å². The molecule has 2 aliphatic heterocycles. The highest BCUT2D eigenvalue weighted by Crippen LogP contribution is 2.23. The number of pyridine rings is 1. The fourth-order valence-corrected chi connectivity index (χ4v) is 4.45. The van der Waals surface area contributed by atoms with Crippen molar-refractivity contribution in [1.29, 1.82) is 0 Å². The second-order valence-corrected chi connectivity index (χ2v) is 7.80. The van der Waals surface area contributed by atoms with Crippen molar-refractivity contribution in [3.05, 3.63) is 23.9 Å². The highest BCUT2D eigenvalue weighted by molar-refractivity contribution is 7.99. The van der Waals surface area contributed by atoms with E-state index in [1.807, 2.05) is 25.2 Å². The molecule has 5 heteroatoms. The Kier molecular flexibility index (Phi) is 5.61. The molecule has 0 aliphatic carbocycles. The summed E-state index contributed by atoms with van der Waals surface area (Å²) in [6, 6.07) is 5.18. The normalized spacial score (nSPS) is 21.9. The Labute approximate surface area is 138 Å². The number of aromatic nitrogens is 1. The molecular weight excluding hydrogens is 292 g/mol. The van der Waals surface area contributed by atoms with Crippen molar-refractivity contribution in [3.8, 4) is 0 Å². The van der Waals surface area contributed by atoms with Gasteiger partial charge in [-0.2, -0.15) is 11.8 Å². The van der Waals surface area contributed by atoms with E-state index < -0.39 is 0 Å². The topological polar surface area (TPSA) is 22.6 Å². The Hall–Kier alpha value is -0.780. The van der Waals surface area contributed by atoms with Crippen LogP contribution in [0, 0.1) is 0 Å². The van der Waals surface area contributed by atoms with Gasteiger partial charge in [-0.3, -0.25) is 9.80 Å². The van der Waals surface area contributed by atoms with Gasteiger partial charge in [0.15, 0.2) is 0 Å². The second-order valence-electron chi connectivity index (χ2n) is 6.57. The zero-order valence-corrected chi connectivity index (χ0v) is 14.7. The summed E-state index contributed by atoms with van der Waals surface area (Å²) in [6.07, 6.45) is 4.81. The average Bonchev–Trinajstić information content (AvgIpc) is 2.57. The maximum absolute atomic E-state index is 4.52. The van der Waals surface area contributed by atoms with Gasteiger partial charge in [0.05, 0.1) is 0 Å². The lowest BCUT2D eigenvalue weighted by molar-refractivity contribution is 0.0879. The fraction of sp³-hybridized carbons (Fsp3) is 0.706. The zero-order valence-electron chi connectivity index (χ0n) is 13.9. The minimum absolute atomic E-state index is 0.851. The molecule has 3 heterocycles. The van der Waals surface area contributed by atoms with Crippen LogP contribution >= 0.6 is 11.8 Å². The van der Waals surface area contributed by atoms with Crippen LogP contribution in [0.25, 0.3) is 0 Å². The first-order valence-electron chi connectivity index (χ1n) is 8.39. The summed E-state index contributed by atoms with van der Waals surface area (Å²) in [7, 11) is 4.07. The van der Waals surface area contributed by atoms with E-state index in [1.165, 1.54) is 56.1 Å². The van der Waals surface area contributed by atoms with E-state index in [2.05, 4.69) is 38.7 Å². The molecule has 3 rings (SSSR count). The summed E-state index contributed by atoms with van der Waals surface area (Å²) in [5, 5.41) is 0. The molecule has 0 bridgehead atoms. The van der Waals surface area contributed by atoms with Crippen LogP contribution in [0.1, 0.15) is 18.4 Å². The first-order chi connectivity index (χ1) is 10.7. The number of piperazine rings is 1. The van der Waals surface area contributed by atoms with Gasteiger partial charge in [-0.1, -0.05) is 6.07 Å². The molecule has 0 radical (unpaired) electrons. The number of thioether (sulfide) groups is 1. The summed E-state index contributed by atoms with van der Waals surface area (Å²) >= 11 is 2.12. The van der Waals surface area contributed by atoms with Crippen LogP contribution in [-0.2, 0) is 6.54 Å². The van der Waals surface area contributed by atoms with Crippen molar-refractivity contribution >= 4 is 17.6 Å². The molecule has 22 heavy (non-hydrogen) atoms. The fourth-order valence-electron chi connectivity index (χ4n) is 3.37. The van der Waals surface area contributed by atoms with Crippen molar-refractivity contribution < 1.29 is 0 Å². The van der Waals surface area contributed by atoms with Crippen LogP contribution in [-0.4, -0.2) is 72.6 Å². The van der Waals surface area contributed by atoms with Gasteiger partial charge >= 0.3 is 0 Å². The summed E-state index contributed by atoms with van der Waals surface area (Å²) in [5.41, 5.74) is 1.33. The molecule has 0 unspecified atom stereocenters. The zero-order chi connectivity index (χ0) is 15.4. The number of hydrogen-bond acceptors (Lipinski definition) is 5. The van der Waals surface area contributed by atoms with Gasteiger partial charge in [0, 0.05) is 59.1 Å². The Morgan fingerprint density at radius 1 is 1.14 bits per heavy atom. The van der Waals surface area contributed by atoms with E-state index in [1.54, 1.807) is 0 Å². The van der Waals surface area contributed by atoms with Gasteiger partial charge in [0.2, 0.25) is 0 Å². The van der Waals surface area contributed by atoms with Crippen molar-refractivity contribution in [1.82, 2.24) is 14.8 Å². The predicted molar refractivity (Wildman–Crippen MR) is 95.8 cm³/mol. The SMILES string of the molecule is CN(C)c1ccc(CN2CCN(C3CCSCC3)CC2)cn1. The Balaban J connectivity index is 1.47. The van der Waals surface area contributed by atoms with Crippen molar-refractivity contribution in [2.45, 2.75) is 25.4 Å². The van der Waals surface area contributed by atoms with Gasteiger partial charge < -0.3 is 4.90 Å². The van der Waals surface area contributed by atoms with Gasteiger partial charge in [-0.15, -0.1) is 0 Å². The van der Waals surface area contributed by atoms with E-state index in [-0.39, 0.29) is 0 Å². The number of rotatable bonds is 4. The number of hydrogen-bond donors (Lipinski definition) is 0. The van der Waals surface area contributed by atoms with Crippen LogP contribution in [0.4, 0.5) is 5.82 Å². The van der Waals surface area contributed by atoms with Crippen LogP contribution in [0.3, 0.4) is 0 Å². The lowest BCUT2D eigenvalue weighted by atomic mass is 10.1. The first-order valence-corrected chi connectivity index (χ1v) is 9.54. The predicted octanol–water partition coefficient (Wildman–Crippen LogP) is 2.16. The molecule has 0 aromatic carbocycles. The molecule has 122 valence electrons. The standard InChI is InChI=1S/C17H28N4S/c1-19(2)17-4-3-15(13-18-17)14-20-7-9-21(10-8-20)16-5-11-22-12-6-16/h3-4,13,16H,5-12,14H2,1-2H3. The van der Waals surface area contributed by atoms with Crippen LogP contribution < -0.4 is 4.90 Å². The number of anilines is 1. The molecule has 2 aliphatic rings. The molecule has 0 spiro atoms. The molecule has 1 aromatic heterocycles. The van der Waals surface area contributed by atoms with Crippen LogP contribution in [0.2, 0.25) is 0 Å². The lowest BCUT2D eigenvalue weighted by Gasteiger charge is -2.40. The molecular formula is C17H28N4S. The van der Waals surface area contributed by atoms with Crippen LogP contribution in [0.15, 0.2) is 18.3 Å². The molecule has 0 N–H and O–H groups in total. The third kappa shape index (κ3) is 4.15. The monoisotopic (exact) mass is 320 g/mol. The molecule has 0 saturated carbocycles. The van der Waals surface area contributed by atoms with Crippen molar-refractivity contribution in [2.24, 2.45) is 0 Å². The quantitative estimate of drug-likeness (QED) is 0.846. The van der Waals surface area contributed by atoms with Gasteiger partial charge in [-0.05, 0) is 36.0 Å². The van der Waals surface area contributed by atoms with E-state index in [0.29, 0.717) is 0 Å². The summed E-state index contributed by atoms with van der Waals surface area (Å²) in [5.74, 6) is 3.74. The van der Waals surface area contributed by atoms with E-state index in [4.69, 9.17) is 0 Å². The summed E-state index contributed by atoms with van der Waals surface area (Å²) < 4.78 is 0. The molecule has 2 fully saturated rings. The Morgan fingerprint density at radius 3 is 2.45 bits per heavy atom. The molecule has 2 saturated heterocycles. The second kappa shape index (κ2) is 7.66. The highest BCUT2D eigenvalue weighted by atomic mass is 32.2. The van der Waals surface area contributed by atoms with E-state index in [0.717, 1.165) is 18.4 Å². The van der Waals surface area contributed by atoms with E-state index >= 15 is 0 Å². The van der Waals surface area contributed by atoms with Crippen molar-refractivity contribution in [2.75, 3.05) is 56.7 Å². The molecule has 0 atom stereocenters. The maximum atomic E-state index is 4.52. The first kappa shape index (κ1) is 16.1. The smallest absolute Gasteiger partial charge is 0.127 e. The molecule has 4 nitrogen and oxygen atoms in total. The third-order valence-electron chi connectivity index (χ3n) is 4.79. The minimum Gasteiger partial charge on any atom is -0.363 e. The largest absolute Gasteiger partial charge is 0.363 e. The molecule has 1 aromatic rings. The maximum Gasteiger partial charge on any atom is 0.127 e. The Bertz CT molecular complexity index is 448. The highest BCUT2D eigenvalue weighted by Gasteiger charge is 2.25. The number of nitrogens with zero attached hydrogens (tertiary/aromatic N) is 4. The average molecular weight is 321 g/mol. The van der Waals surface area contributed by atoms with Gasteiger partial charge in [0.25, 0.3) is 0 Å². The molecule has 0 amide bonds. The minimum atomic E-state index is 0.851. The van der Waals surface area contributed by atoms with Crippen LogP contribution in [0.5, 0.6) is 0 Å². The van der Waals surface area contributed by atoms with Gasteiger partial charge in [-0.25, -0.2) is 4.98 Å². The third-order valence-corrected chi connectivity index (χ3v) is 5.84.